The van der Waals surface area contributed by atoms with Crippen molar-refractivity contribution in [3.8, 4) is 5.75 Å². The number of nitrogens with one attached hydrogen (secondary N) is 1. The summed E-state index contributed by atoms with van der Waals surface area (Å²) < 4.78 is 0. The standard InChI is InChI=1S/C12H17NO3/c1-12(2,16)8-13-11(15)7-9-5-3-4-6-10(9)14/h3-6,14,16H,7-8H2,1-2H3,(H,13,15). The molecule has 3 N–H and O–H groups in total. The number of aliphatic hydroxyl groups is 1. The van der Waals surface area contributed by atoms with Crippen LogP contribution in [0.25, 0.3) is 0 Å². The Morgan fingerprint density at radius 2 is 2.00 bits per heavy atom. The summed E-state index contributed by atoms with van der Waals surface area (Å²) in [6, 6.07) is 6.70. The first-order valence-electron chi connectivity index (χ1n) is 5.14. The van der Waals surface area contributed by atoms with E-state index >= 15 is 0 Å². The molecule has 0 atom stereocenters. The Morgan fingerprint density at radius 3 is 2.56 bits per heavy atom. The highest BCUT2D eigenvalue weighted by Gasteiger charge is 2.14. The van der Waals surface area contributed by atoms with E-state index in [-0.39, 0.29) is 24.6 Å². The minimum atomic E-state index is -0.922. The highest BCUT2D eigenvalue weighted by molar-refractivity contribution is 5.79. The van der Waals surface area contributed by atoms with Crippen LogP contribution in [-0.4, -0.2) is 28.3 Å². The smallest absolute Gasteiger partial charge is 0.224 e. The summed E-state index contributed by atoms with van der Waals surface area (Å²) in [6.45, 7) is 3.43. The second-order valence-electron chi connectivity index (χ2n) is 4.39. The lowest BCUT2D eigenvalue weighted by atomic mass is 10.1. The molecule has 0 aliphatic rings. The number of amides is 1. The van der Waals surface area contributed by atoms with Crippen molar-refractivity contribution in [2.45, 2.75) is 25.9 Å². The Balaban J connectivity index is 2.50. The molecule has 0 unspecified atom stereocenters. The summed E-state index contributed by atoms with van der Waals surface area (Å²) in [7, 11) is 0. The minimum absolute atomic E-state index is 0.112. The van der Waals surface area contributed by atoms with Gasteiger partial charge in [-0.05, 0) is 19.9 Å². The van der Waals surface area contributed by atoms with Gasteiger partial charge in [0.15, 0.2) is 0 Å². The average Bonchev–Trinajstić information content (AvgIpc) is 2.18. The molecule has 16 heavy (non-hydrogen) atoms. The van der Waals surface area contributed by atoms with Gasteiger partial charge in [0.05, 0.1) is 12.0 Å². The first-order chi connectivity index (χ1) is 7.38. The molecule has 0 radical (unpaired) electrons. The fraction of sp³-hybridized carbons (Fsp3) is 0.417. The molecule has 88 valence electrons. The van der Waals surface area contributed by atoms with Gasteiger partial charge in [-0.3, -0.25) is 4.79 Å². The fourth-order valence-corrected chi connectivity index (χ4v) is 1.21. The zero-order valence-corrected chi connectivity index (χ0v) is 9.53. The molecular formula is C12H17NO3. The number of carbonyl (C=O) groups excluding carboxylic acids is 1. The Hall–Kier alpha value is -1.55. The predicted octanol–water partition coefficient (Wildman–Crippen LogP) is 0.822. The van der Waals surface area contributed by atoms with Crippen molar-refractivity contribution in [2.24, 2.45) is 0 Å². The third-order valence-corrected chi connectivity index (χ3v) is 2.06. The SMILES string of the molecule is CC(C)(O)CNC(=O)Cc1ccccc1O. The van der Waals surface area contributed by atoms with Gasteiger partial charge < -0.3 is 15.5 Å². The van der Waals surface area contributed by atoms with Gasteiger partial charge in [-0.1, -0.05) is 18.2 Å². The number of para-hydroxylation sites is 1. The zero-order chi connectivity index (χ0) is 12.2. The Morgan fingerprint density at radius 1 is 1.38 bits per heavy atom. The predicted molar refractivity (Wildman–Crippen MR) is 61.1 cm³/mol. The molecule has 0 aliphatic heterocycles. The van der Waals surface area contributed by atoms with Crippen molar-refractivity contribution >= 4 is 5.91 Å². The molecular weight excluding hydrogens is 206 g/mol. The molecule has 0 heterocycles. The summed E-state index contributed by atoms with van der Waals surface area (Å²) >= 11 is 0. The van der Waals surface area contributed by atoms with Crippen LogP contribution in [0.1, 0.15) is 19.4 Å². The highest BCUT2D eigenvalue weighted by Crippen LogP contribution is 2.15. The minimum Gasteiger partial charge on any atom is -0.508 e. The average molecular weight is 223 g/mol. The molecule has 1 aromatic carbocycles. The maximum Gasteiger partial charge on any atom is 0.224 e. The lowest BCUT2D eigenvalue weighted by Gasteiger charge is -2.17. The van der Waals surface area contributed by atoms with Crippen molar-refractivity contribution in [1.29, 1.82) is 0 Å². The van der Waals surface area contributed by atoms with Gasteiger partial charge in [0.25, 0.3) is 0 Å². The monoisotopic (exact) mass is 223 g/mol. The zero-order valence-electron chi connectivity index (χ0n) is 9.53. The van der Waals surface area contributed by atoms with Crippen LogP contribution in [-0.2, 0) is 11.2 Å². The van der Waals surface area contributed by atoms with Crippen LogP contribution in [0.5, 0.6) is 5.75 Å². The van der Waals surface area contributed by atoms with Gasteiger partial charge in [0, 0.05) is 12.1 Å². The number of hydrogen-bond donors (Lipinski definition) is 3. The largest absolute Gasteiger partial charge is 0.508 e. The normalized spacial score (nSPS) is 11.2. The van der Waals surface area contributed by atoms with Gasteiger partial charge in [-0.15, -0.1) is 0 Å². The summed E-state index contributed by atoms with van der Waals surface area (Å²) in [5.74, 6) is -0.107. The van der Waals surface area contributed by atoms with Crippen molar-refractivity contribution in [3.63, 3.8) is 0 Å². The summed E-state index contributed by atoms with van der Waals surface area (Å²) in [6.07, 6.45) is 0.114. The second kappa shape index (κ2) is 4.99. The number of benzene rings is 1. The molecule has 0 aromatic heterocycles. The van der Waals surface area contributed by atoms with Gasteiger partial charge in [-0.2, -0.15) is 0 Å². The van der Waals surface area contributed by atoms with Crippen molar-refractivity contribution in [1.82, 2.24) is 5.32 Å². The van der Waals surface area contributed by atoms with E-state index < -0.39 is 5.60 Å². The van der Waals surface area contributed by atoms with E-state index in [2.05, 4.69) is 5.32 Å². The summed E-state index contributed by atoms with van der Waals surface area (Å²) in [5.41, 5.74) is -0.343. The molecule has 0 aliphatic carbocycles. The molecule has 0 saturated heterocycles. The van der Waals surface area contributed by atoms with Crippen molar-refractivity contribution in [3.05, 3.63) is 29.8 Å². The quantitative estimate of drug-likeness (QED) is 0.708. The van der Waals surface area contributed by atoms with Crippen LogP contribution in [0.3, 0.4) is 0 Å². The van der Waals surface area contributed by atoms with Crippen molar-refractivity contribution in [2.75, 3.05) is 6.54 Å². The Labute approximate surface area is 94.9 Å². The highest BCUT2D eigenvalue weighted by atomic mass is 16.3. The van der Waals surface area contributed by atoms with Crippen LogP contribution in [0.4, 0.5) is 0 Å². The molecule has 0 fully saturated rings. The molecule has 0 bridgehead atoms. The molecule has 4 nitrogen and oxygen atoms in total. The number of phenolic OH excluding ortho intramolecular Hbond substituents is 1. The van der Waals surface area contributed by atoms with Crippen LogP contribution < -0.4 is 5.32 Å². The summed E-state index contributed by atoms with van der Waals surface area (Å²) in [5, 5.41) is 21.5. The van der Waals surface area contributed by atoms with Crippen LogP contribution >= 0.6 is 0 Å². The third-order valence-electron chi connectivity index (χ3n) is 2.06. The van der Waals surface area contributed by atoms with E-state index in [1.165, 1.54) is 0 Å². The second-order valence-corrected chi connectivity index (χ2v) is 4.39. The Kier molecular flexibility index (Phi) is 3.90. The van der Waals surface area contributed by atoms with Crippen LogP contribution in [0.2, 0.25) is 0 Å². The first-order valence-corrected chi connectivity index (χ1v) is 5.14. The van der Waals surface area contributed by atoms with Gasteiger partial charge in [0.1, 0.15) is 5.75 Å². The number of carbonyl (C=O) groups is 1. The third kappa shape index (κ3) is 4.31. The van der Waals surface area contributed by atoms with Gasteiger partial charge in [-0.25, -0.2) is 0 Å². The molecule has 0 spiro atoms. The molecule has 0 saturated carbocycles. The molecule has 1 aromatic rings. The molecule has 1 amide bonds. The number of phenols is 1. The number of rotatable bonds is 4. The van der Waals surface area contributed by atoms with Gasteiger partial charge in [0.2, 0.25) is 5.91 Å². The van der Waals surface area contributed by atoms with E-state index in [9.17, 15) is 15.0 Å². The number of hydrogen-bond acceptors (Lipinski definition) is 3. The lowest BCUT2D eigenvalue weighted by Crippen LogP contribution is -2.38. The van der Waals surface area contributed by atoms with Crippen LogP contribution in [0, 0.1) is 0 Å². The van der Waals surface area contributed by atoms with E-state index in [4.69, 9.17) is 0 Å². The van der Waals surface area contributed by atoms with Crippen LogP contribution in [0.15, 0.2) is 24.3 Å². The van der Waals surface area contributed by atoms with E-state index in [0.717, 1.165) is 0 Å². The maximum absolute atomic E-state index is 11.5. The Bertz CT molecular complexity index is 369. The fourth-order valence-electron chi connectivity index (χ4n) is 1.21. The summed E-state index contributed by atoms with van der Waals surface area (Å²) in [4.78, 5) is 11.5. The van der Waals surface area contributed by atoms with Crippen molar-refractivity contribution < 1.29 is 15.0 Å². The first kappa shape index (κ1) is 12.5. The van der Waals surface area contributed by atoms with Gasteiger partial charge >= 0.3 is 0 Å². The van der Waals surface area contributed by atoms with E-state index in [1.54, 1.807) is 38.1 Å². The number of aromatic hydroxyl groups is 1. The lowest BCUT2D eigenvalue weighted by molar-refractivity contribution is -0.121. The molecule has 1 rings (SSSR count). The van der Waals surface area contributed by atoms with E-state index in [1.807, 2.05) is 0 Å². The molecule has 4 heteroatoms. The van der Waals surface area contributed by atoms with E-state index in [0.29, 0.717) is 5.56 Å². The maximum atomic E-state index is 11.5. The topological polar surface area (TPSA) is 69.6 Å².